The van der Waals surface area contributed by atoms with Crippen LogP contribution >= 0.6 is 0 Å². The molecule has 86 heavy (non-hydrogen) atoms. The maximum absolute atomic E-state index is 14.5. The van der Waals surface area contributed by atoms with Gasteiger partial charge < -0.3 is 96.4 Å². The molecule has 2 heterocycles. The number of nitrogens with zero attached hydrogens (tertiary/aromatic N) is 1. The van der Waals surface area contributed by atoms with Crippen LogP contribution in [0.2, 0.25) is 0 Å². The van der Waals surface area contributed by atoms with E-state index in [-0.39, 0.29) is 83.2 Å². The van der Waals surface area contributed by atoms with Crippen LogP contribution in [0.1, 0.15) is 99.5 Å². The van der Waals surface area contributed by atoms with Gasteiger partial charge in [-0.2, -0.15) is 0 Å². The Kier molecular flexibility index (Phi) is 31.5. The zero-order chi connectivity index (χ0) is 64.4. The van der Waals surface area contributed by atoms with Crippen molar-refractivity contribution in [2.24, 2.45) is 34.8 Å². The third-order valence-electron chi connectivity index (χ3n) is 14.4. The standard InChI is InChI=1S/C56H96N16O14/c1-9-31(6)86-56(85)43-27-61-26-42(72(43)28-30(4)5)53(82)71-45(33(8)74)55(84)69-41(25-60)52(81)66-38-18-22-62-54(83)44(32(7)73)70-49(78)37(17-21-59)64-46(75)35(15-19-57)65-50(79)39(23-29(2)3)67-51(80)40(24-34-13-11-10-12-14-34)68-47(76)36(16-20-58)63-48(38)77/h10-14,29-33,35-45,61,73-74H,9,15-28,57-60H2,1-8H3,(H,62,83)(H,63,77)(H,64,75)(H,65,79)(H,66,81)(H,67,80)(H,68,76)(H,69,84)(H,70,78)(H,71,82)/t31?,32-,33+,35+,36+,37+,38+,39+,40-,41+,42+,43?,44+,45+/m1/s1. The first-order valence-corrected chi connectivity index (χ1v) is 29.6. The number of amides is 10. The molecule has 484 valence electrons. The minimum atomic E-state index is -1.70. The van der Waals surface area contributed by atoms with E-state index in [0.717, 1.165) is 0 Å². The molecule has 30 nitrogen and oxygen atoms in total. The van der Waals surface area contributed by atoms with Crippen molar-refractivity contribution >= 4 is 65.0 Å². The fourth-order valence-corrected chi connectivity index (χ4v) is 9.53. The van der Waals surface area contributed by atoms with Gasteiger partial charge in [-0.3, -0.25) is 57.6 Å². The maximum Gasteiger partial charge on any atom is 0.324 e. The van der Waals surface area contributed by atoms with Crippen molar-refractivity contribution < 1.29 is 67.7 Å². The highest BCUT2D eigenvalue weighted by Crippen LogP contribution is 2.18. The molecule has 0 aromatic heterocycles. The van der Waals surface area contributed by atoms with Crippen molar-refractivity contribution in [3.05, 3.63) is 35.9 Å². The smallest absolute Gasteiger partial charge is 0.324 e. The van der Waals surface area contributed by atoms with E-state index in [1.54, 1.807) is 56.0 Å². The van der Waals surface area contributed by atoms with E-state index >= 15 is 0 Å². The summed E-state index contributed by atoms with van der Waals surface area (Å²) >= 11 is 0. The van der Waals surface area contributed by atoms with Gasteiger partial charge in [0.2, 0.25) is 59.1 Å². The molecule has 14 atom stereocenters. The van der Waals surface area contributed by atoms with Gasteiger partial charge in [-0.1, -0.05) is 65.0 Å². The lowest BCUT2D eigenvalue weighted by atomic mass is 10.00. The van der Waals surface area contributed by atoms with E-state index in [9.17, 15) is 63.0 Å². The molecule has 0 bridgehead atoms. The molecule has 30 heteroatoms. The fraction of sp³-hybridized carbons (Fsp3) is 0.696. The molecule has 10 amide bonds. The van der Waals surface area contributed by atoms with Crippen LogP contribution in [0.3, 0.4) is 0 Å². The summed E-state index contributed by atoms with van der Waals surface area (Å²) in [7, 11) is 0. The average Bonchev–Trinajstić information content (AvgIpc) is 1.65. The maximum atomic E-state index is 14.5. The first-order valence-electron chi connectivity index (χ1n) is 29.6. The lowest BCUT2D eigenvalue weighted by Gasteiger charge is -2.42. The quantitative estimate of drug-likeness (QED) is 0.0428. The Morgan fingerprint density at radius 1 is 0.640 bits per heavy atom. The number of aliphatic hydroxyl groups is 2. The van der Waals surface area contributed by atoms with Crippen molar-refractivity contribution in [1.29, 1.82) is 0 Å². The molecule has 0 aliphatic carbocycles. The molecular weight excluding hydrogens is 1120 g/mol. The SMILES string of the molecule is CCC(C)OC(=O)C1CNC[C@@H](C(=O)N[C@H](C(=O)N[C@@H](CN)C(=O)N[C@H]2CCNC(=O)[C@H]([C@@H](C)O)NC(=O)[C@H](CCN)NC(=O)[C@H](CCN)NC(=O)[C@H](CC(C)C)NC(=O)[C@@H](Cc3ccccc3)NC(=O)[C@H](CCN)NC2=O)[C@H](C)O)N1CC(C)C. The Labute approximate surface area is 502 Å². The lowest BCUT2D eigenvalue weighted by molar-refractivity contribution is -0.158. The molecule has 0 spiro atoms. The number of rotatable bonds is 24. The molecule has 1 aromatic carbocycles. The molecule has 3 rings (SSSR count). The molecular formula is C56H96N16O14. The number of ether oxygens (including phenoxy) is 1. The second kappa shape index (κ2) is 36.9. The summed E-state index contributed by atoms with van der Waals surface area (Å²) in [6.07, 6.45) is -4.06. The Balaban J connectivity index is 2.08. The fourth-order valence-electron chi connectivity index (χ4n) is 9.53. The van der Waals surface area contributed by atoms with Gasteiger partial charge in [0.25, 0.3) is 0 Å². The topological polar surface area (TPSA) is 477 Å². The summed E-state index contributed by atoms with van der Waals surface area (Å²) in [5, 5.41) is 50.3. The van der Waals surface area contributed by atoms with Crippen LogP contribution in [-0.2, 0) is 63.9 Å². The predicted octanol–water partition coefficient (Wildman–Crippen LogP) is -6.43. The number of carbonyl (C=O) groups excluding carboxylic acids is 11. The zero-order valence-electron chi connectivity index (χ0n) is 50.8. The summed E-state index contributed by atoms with van der Waals surface area (Å²) < 4.78 is 5.62. The van der Waals surface area contributed by atoms with Crippen LogP contribution in [0, 0.1) is 11.8 Å². The molecule has 2 saturated heterocycles. The number of hydrogen-bond acceptors (Lipinski definition) is 20. The van der Waals surface area contributed by atoms with Crippen LogP contribution < -0.4 is 81.4 Å². The van der Waals surface area contributed by atoms with E-state index in [0.29, 0.717) is 12.0 Å². The lowest BCUT2D eigenvalue weighted by Crippen LogP contribution is -2.67. The second-order valence-corrected chi connectivity index (χ2v) is 22.7. The van der Waals surface area contributed by atoms with E-state index in [2.05, 4.69) is 58.5 Å². The highest BCUT2D eigenvalue weighted by molar-refractivity contribution is 5.99. The molecule has 0 radical (unpaired) electrons. The number of carbonyl (C=O) groups is 11. The Bertz CT molecular complexity index is 2420. The second-order valence-electron chi connectivity index (χ2n) is 22.7. The molecule has 2 fully saturated rings. The van der Waals surface area contributed by atoms with E-state index in [1.165, 1.54) is 13.8 Å². The van der Waals surface area contributed by atoms with Gasteiger partial charge in [-0.15, -0.1) is 0 Å². The van der Waals surface area contributed by atoms with Crippen molar-refractivity contribution in [2.75, 3.05) is 52.4 Å². The third kappa shape index (κ3) is 23.4. The molecule has 0 saturated carbocycles. The van der Waals surface area contributed by atoms with Gasteiger partial charge in [0.15, 0.2) is 0 Å². The minimum absolute atomic E-state index is 0.0214. The first kappa shape index (κ1) is 73.3. The predicted molar refractivity (Wildman–Crippen MR) is 316 cm³/mol. The van der Waals surface area contributed by atoms with Gasteiger partial charge in [-0.25, -0.2) is 0 Å². The Hall–Kier alpha value is -6.93. The van der Waals surface area contributed by atoms with Crippen LogP contribution in [-0.4, -0.2) is 217 Å². The summed E-state index contributed by atoms with van der Waals surface area (Å²) in [5.41, 5.74) is 24.3. The monoisotopic (exact) mass is 1220 g/mol. The van der Waals surface area contributed by atoms with Crippen molar-refractivity contribution in [2.45, 2.75) is 185 Å². The highest BCUT2D eigenvalue weighted by atomic mass is 16.5. The van der Waals surface area contributed by atoms with Gasteiger partial charge in [-0.05, 0) is 96.3 Å². The van der Waals surface area contributed by atoms with Crippen molar-refractivity contribution in [3.8, 4) is 0 Å². The third-order valence-corrected chi connectivity index (χ3v) is 14.4. The summed E-state index contributed by atoms with van der Waals surface area (Å²) in [4.78, 5) is 156. The minimum Gasteiger partial charge on any atom is -0.461 e. The highest BCUT2D eigenvalue weighted by Gasteiger charge is 2.43. The number of benzene rings is 1. The van der Waals surface area contributed by atoms with Crippen molar-refractivity contribution in [3.63, 3.8) is 0 Å². The van der Waals surface area contributed by atoms with Gasteiger partial charge >= 0.3 is 5.97 Å². The molecule has 2 aliphatic heterocycles. The number of esters is 1. The summed E-state index contributed by atoms with van der Waals surface area (Å²) in [5.74, 6) is -10.1. The molecule has 21 N–H and O–H groups in total. The van der Waals surface area contributed by atoms with Crippen LogP contribution in [0.15, 0.2) is 30.3 Å². The number of nitrogens with two attached hydrogens (primary N) is 4. The number of aliphatic hydroxyl groups excluding tert-OH is 2. The van der Waals surface area contributed by atoms with Gasteiger partial charge in [0.05, 0.1) is 18.3 Å². The van der Waals surface area contributed by atoms with E-state index in [4.69, 9.17) is 27.7 Å². The van der Waals surface area contributed by atoms with Crippen molar-refractivity contribution in [1.82, 2.24) is 63.4 Å². The molecule has 2 unspecified atom stereocenters. The summed E-state index contributed by atoms with van der Waals surface area (Å²) in [6, 6.07) is -7.07. The van der Waals surface area contributed by atoms with Crippen LogP contribution in [0.4, 0.5) is 0 Å². The van der Waals surface area contributed by atoms with E-state index < -0.39 is 169 Å². The zero-order valence-corrected chi connectivity index (χ0v) is 50.8. The Morgan fingerprint density at radius 3 is 1.66 bits per heavy atom. The van der Waals surface area contributed by atoms with Gasteiger partial charge in [0, 0.05) is 39.1 Å². The number of nitrogens with one attached hydrogen (secondary N) is 11. The van der Waals surface area contributed by atoms with Crippen LogP contribution in [0.25, 0.3) is 0 Å². The molecule has 2 aliphatic rings. The number of hydrogen-bond donors (Lipinski definition) is 17. The average molecular weight is 1220 g/mol. The van der Waals surface area contributed by atoms with Gasteiger partial charge in [0.1, 0.15) is 66.5 Å². The largest absolute Gasteiger partial charge is 0.461 e. The Morgan fingerprint density at radius 2 is 1.15 bits per heavy atom. The van der Waals surface area contributed by atoms with E-state index in [1.807, 2.05) is 20.8 Å². The molecule has 1 aromatic rings. The summed E-state index contributed by atoms with van der Waals surface area (Å²) in [6.45, 7) is 12.4. The normalized spacial score (nSPS) is 25.5. The number of piperazine rings is 1. The van der Waals surface area contributed by atoms with Crippen LogP contribution in [0.5, 0.6) is 0 Å². The first-order chi connectivity index (χ1) is 40.7.